The molecule has 9 heteroatoms. The van der Waals surface area contributed by atoms with Gasteiger partial charge in [-0.15, -0.1) is 11.3 Å². The summed E-state index contributed by atoms with van der Waals surface area (Å²) >= 11 is 1.54. The van der Waals surface area contributed by atoms with Gasteiger partial charge in [-0.2, -0.15) is 9.57 Å². The Morgan fingerprint density at radius 2 is 1.77 bits per heavy atom. The standard InChI is InChI=1S/C21H20N4O3S2/c1-28-18-8-6-16(7-9-18)19-15-29-21(23-19)24-10-12-25(13-11-24)30(26,27)20-5-3-2-4-17(20)14-22/h2-9,15H,10-13H2,1H3. The predicted molar refractivity (Wildman–Crippen MR) is 116 cm³/mol. The molecule has 0 aliphatic carbocycles. The van der Waals surface area contributed by atoms with Crippen molar-refractivity contribution in [3.63, 3.8) is 0 Å². The number of nitriles is 1. The van der Waals surface area contributed by atoms with Gasteiger partial charge in [0.25, 0.3) is 0 Å². The Morgan fingerprint density at radius 1 is 1.07 bits per heavy atom. The van der Waals surface area contributed by atoms with Gasteiger partial charge in [-0.05, 0) is 36.4 Å². The minimum Gasteiger partial charge on any atom is -0.497 e. The lowest BCUT2D eigenvalue weighted by molar-refractivity contribution is 0.384. The van der Waals surface area contributed by atoms with Gasteiger partial charge in [-0.3, -0.25) is 0 Å². The van der Waals surface area contributed by atoms with Crippen LogP contribution < -0.4 is 9.64 Å². The SMILES string of the molecule is COc1ccc(-c2csc(N3CCN(S(=O)(=O)c4ccccc4C#N)CC3)n2)cc1. The number of methoxy groups -OCH3 is 1. The average Bonchev–Trinajstić information content (AvgIpc) is 3.29. The van der Waals surface area contributed by atoms with E-state index in [0.717, 1.165) is 22.1 Å². The molecule has 154 valence electrons. The van der Waals surface area contributed by atoms with E-state index in [1.165, 1.54) is 16.4 Å². The van der Waals surface area contributed by atoms with E-state index < -0.39 is 10.0 Å². The number of hydrogen-bond donors (Lipinski definition) is 0. The molecule has 1 aliphatic heterocycles. The molecule has 1 aliphatic rings. The third-order valence-electron chi connectivity index (χ3n) is 5.01. The van der Waals surface area contributed by atoms with Crippen molar-refractivity contribution in [3.8, 4) is 23.1 Å². The number of hydrogen-bond acceptors (Lipinski definition) is 7. The molecule has 0 spiro atoms. The van der Waals surface area contributed by atoms with Crippen molar-refractivity contribution < 1.29 is 13.2 Å². The van der Waals surface area contributed by atoms with Crippen molar-refractivity contribution in [1.82, 2.24) is 9.29 Å². The molecule has 2 heterocycles. The Morgan fingerprint density at radius 3 is 2.43 bits per heavy atom. The highest BCUT2D eigenvalue weighted by atomic mass is 32.2. The molecule has 1 aromatic heterocycles. The fourth-order valence-corrected chi connectivity index (χ4v) is 5.80. The number of piperazine rings is 1. The Balaban J connectivity index is 1.46. The summed E-state index contributed by atoms with van der Waals surface area (Å²) in [4.78, 5) is 6.89. The van der Waals surface area contributed by atoms with Gasteiger partial charge >= 0.3 is 0 Å². The van der Waals surface area contributed by atoms with Crippen molar-refractivity contribution in [2.75, 3.05) is 38.2 Å². The zero-order chi connectivity index (χ0) is 21.1. The summed E-state index contributed by atoms with van der Waals surface area (Å²) in [7, 11) is -2.07. The highest BCUT2D eigenvalue weighted by molar-refractivity contribution is 7.89. The third kappa shape index (κ3) is 3.89. The van der Waals surface area contributed by atoms with Gasteiger partial charge in [0, 0.05) is 37.1 Å². The Bertz CT molecular complexity index is 1180. The fourth-order valence-electron chi connectivity index (χ4n) is 3.35. The lowest BCUT2D eigenvalue weighted by Gasteiger charge is -2.33. The van der Waals surface area contributed by atoms with Crippen LogP contribution in [0.25, 0.3) is 11.3 Å². The van der Waals surface area contributed by atoms with Crippen LogP contribution in [0.15, 0.2) is 58.8 Å². The van der Waals surface area contributed by atoms with Gasteiger partial charge < -0.3 is 9.64 Å². The van der Waals surface area contributed by atoms with E-state index in [4.69, 9.17) is 9.72 Å². The summed E-state index contributed by atoms with van der Waals surface area (Å²) in [6, 6.07) is 16.0. The van der Waals surface area contributed by atoms with Gasteiger partial charge in [0.15, 0.2) is 5.13 Å². The summed E-state index contributed by atoms with van der Waals surface area (Å²) in [5.41, 5.74) is 2.06. The van der Waals surface area contributed by atoms with Crippen LogP contribution in [0.4, 0.5) is 5.13 Å². The van der Waals surface area contributed by atoms with Crippen LogP contribution in [0, 0.1) is 11.3 Å². The van der Waals surface area contributed by atoms with Crippen LogP contribution >= 0.6 is 11.3 Å². The molecule has 0 bridgehead atoms. The molecular weight excluding hydrogens is 420 g/mol. The summed E-state index contributed by atoms with van der Waals surface area (Å²) in [5, 5.41) is 12.1. The maximum Gasteiger partial charge on any atom is 0.244 e. The van der Waals surface area contributed by atoms with E-state index in [1.54, 1.807) is 30.6 Å². The van der Waals surface area contributed by atoms with Crippen LogP contribution in [0.2, 0.25) is 0 Å². The molecule has 1 saturated heterocycles. The Hall–Kier alpha value is -2.93. The monoisotopic (exact) mass is 440 g/mol. The van der Waals surface area contributed by atoms with Gasteiger partial charge in [-0.25, -0.2) is 13.4 Å². The molecule has 0 saturated carbocycles. The first-order valence-electron chi connectivity index (χ1n) is 9.37. The molecule has 2 aromatic carbocycles. The molecule has 0 radical (unpaired) electrons. The van der Waals surface area contributed by atoms with Crippen LogP contribution in [0.5, 0.6) is 5.75 Å². The number of nitrogens with zero attached hydrogens (tertiary/aromatic N) is 4. The molecule has 30 heavy (non-hydrogen) atoms. The molecule has 1 fully saturated rings. The minimum absolute atomic E-state index is 0.0667. The number of rotatable bonds is 5. The smallest absolute Gasteiger partial charge is 0.244 e. The number of sulfonamides is 1. The molecule has 3 aromatic rings. The van der Waals surface area contributed by atoms with E-state index in [-0.39, 0.29) is 10.5 Å². The average molecular weight is 441 g/mol. The third-order valence-corrected chi connectivity index (χ3v) is 7.87. The second-order valence-electron chi connectivity index (χ2n) is 6.74. The van der Waals surface area contributed by atoms with E-state index in [1.807, 2.05) is 35.7 Å². The first-order valence-corrected chi connectivity index (χ1v) is 11.7. The van der Waals surface area contributed by atoms with E-state index in [2.05, 4.69) is 4.90 Å². The topological polar surface area (TPSA) is 86.5 Å². The molecule has 0 N–H and O–H groups in total. The first-order chi connectivity index (χ1) is 14.5. The Labute approximate surface area is 179 Å². The molecule has 0 unspecified atom stereocenters. The van der Waals surface area contributed by atoms with Gasteiger partial charge in [0.1, 0.15) is 11.8 Å². The minimum atomic E-state index is -3.70. The second kappa shape index (κ2) is 8.44. The van der Waals surface area contributed by atoms with E-state index in [0.29, 0.717) is 26.2 Å². The van der Waals surface area contributed by atoms with Crippen LogP contribution in [0.3, 0.4) is 0 Å². The van der Waals surface area contributed by atoms with Crippen LogP contribution in [-0.2, 0) is 10.0 Å². The summed E-state index contributed by atoms with van der Waals surface area (Å²) < 4.78 is 32.6. The number of benzene rings is 2. The van der Waals surface area contributed by atoms with Crippen molar-refractivity contribution in [2.24, 2.45) is 0 Å². The number of thiazole rings is 1. The molecule has 0 atom stereocenters. The Kier molecular flexibility index (Phi) is 5.72. The molecular formula is C21H20N4O3S2. The van der Waals surface area contributed by atoms with Crippen molar-refractivity contribution in [2.45, 2.75) is 4.90 Å². The summed E-state index contributed by atoms with van der Waals surface area (Å²) in [6.45, 7) is 1.78. The molecule has 7 nitrogen and oxygen atoms in total. The van der Waals surface area contributed by atoms with Crippen LogP contribution in [0.1, 0.15) is 5.56 Å². The molecule has 0 amide bonds. The quantitative estimate of drug-likeness (QED) is 0.606. The zero-order valence-corrected chi connectivity index (χ0v) is 18.0. The largest absolute Gasteiger partial charge is 0.497 e. The van der Waals surface area contributed by atoms with Crippen molar-refractivity contribution in [1.29, 1.82) is 5.26 Å². The lowest BCUT2D eigenvalue weighted by atomic mass is 10.2. The molecule has 4 rings (SSSR count). The van der Waals surface area contributed by atoms with Gasteiger partial charge in [0.05, 0.1) is 23.3 Å². The van der Waals surface area contributed by atoms with Gasteiger partial charge in [0.2, 0.25) is 10.0 Å². The second-order valence-corrected chi connectivity index (χ2v) is 9.49. The van der Waals surface area contributed by atoms with E-state index in [9.17, 15) is 13.7 Å². The summed E-state index contributed by atoms with van der Waals surface area (Å²) in [6.07, 6.45) is 0. The number of ether oxygens (including phenoxy) is 1. The maximum atomic E-state index is 13.0. The van der Waals surface area contributed by atoms with Gasteiger partial charge in [-0.1, -0.05) is 12.1 Å². The van der Waals surface area contributed by atoms with Crippen molar-refractivity contribution in [3.05, 3.63) is 59.5 Å². The first kappa shape index (κ1) is 20.3. The maximum absolute atomic E-state index is 13.0. The van der Waals surface area contributed by atoms with Crippen molar-refractivity contribution >= 4 is 26.5 Å². The fraction of sp³-hybridized carbons (Fsp3) is 0.238. The normalized spacial score (nSPS) is 15.0. The highest BCUT2D eigenvalue weighted by Gasteiger charge is 2.31. The highest BCUT2D eigenvalue weighted by Crippen LogP contribution is 2.30. The van der Waals surface area contributed by atoms with Crippen LogP contribution in [-0.4, -0.2) is 51.0 Å². The zero-order valence-electron chi connectivity index (χ0n) is 16.4. The predicted octanol–water partition coefficient (Wildman–Crippen LogP) is 3.20. The summed E-state index contributed by atoms with van der Waals surface area (Å²) in [5.74, 6) is 0.796. The van der Waals surface area contributed by atoms with E-state index >= 15 is 0 Å². The lowest BCUT2D eigenvalue weighted by Crippen LogP contribution is -2.48. The number of anilines is 1. The number of aromatic nitrogens is 1.